The van der Waals surface area contributed by atoms with Crippen molar-refractivity contribution in [2.24, 2.45) is 0 Å². The average Bonchev–Trinajstić information content (AvgIpc) is 2.96. The molecule has 0 saturated carbocycles. The summed E-state index contributed by atoms with van der Waals surface area (Å²) in [5.74, 6) is 0.0179. The van der Waals surface area contributed by atoms with Crippen molar-refractivity contribution >= 4 is 11.8 Å². The molecule has 1 aliphatic heterocycles. The molecule has 3 aromatic carbocycles. The number of para-hydroxylation sites is 1. The van der Waals surface area contributed by atoms with E-state index in [9.17, 15) is 9.59 Å². The average molecular weight is 524 g/mol. The molecule has 39 heavy (non-hydrogen) atoms. The second kappa shape index (κ2) is 11.6. The topological polar surface area (TPSA) is 73.9 Å². The van der Waals surface area contributed by atoms with Crippen LogP contribution in [-0.2, 0) is 20.7 Å². The maximum absolute atomic E-state index is 13.9. The molecule has 5 rings (SSSR count). The van der Waals surface area contributed by atoms with E-state index in [2.05, 4.69) is 17.4 Å². The predicted molar refractivity (Wildman–Crippen MR) is 150 cm³/mol. The van der Waals surface area contributed by atoms with Gasteiger partial charge in [0.2, 0.25) is 0 Å². The van der Waals surface area contributed by atoms with Gasteiger partial charge in [0, 0.05) is 35.4 Å². The summed E-state index contributed by atoms with van der Waals surface area (Å²) in [6, 6.07) is 25.5. The number of carbonyl (C=O) groups is 2. The smallest absolute Gasteiger partial charge is 0.336 e. The second-order valence-corrected chi connectivity index (χ2v) is 9.88. The largest absolute Gasteiger partial charge is 0.493 e. The zero-order chi connectivity index (χ0) is 27.4. The van der Waals surface area contributed by atoms with Gasteiger partial charge in [0.15, 0.2) is 17.3 Å². The first-order valence-electron chi connectivity index (χ1n) is 13.2. The molecule has 0 bridgehead atoms. The van der Waals surface area contributed by atoms with Crippen LogP contribution < -0.4 is 14.8 Å². The molecule has 6 nitrogen and oxygen atoms in total. The highest BCUT2D eigenvalue weighted by Gasteiger charge is 2.42. The lowest BCUT2D eigenvalue weighted by Gasteiger charge is -2.37. The van der Waals surface area contributed by atoms with Crippen molar-refractivity contribution in [1.29, 1.82) is 0 Å². The number of methoxy groups -OCH3 is 2. The van der Waals surface area contributed by atoms with Gasteiger partial charge in [-0.05, 0) is 36.5 Å². The standard InChI is InChI=1S/C33H33NO5/c1-21-29(33(36)39-18-17-22-11-6-4-7-12-22)30(25-15-10-16-28(37-2)32(25)38-3)31-26(34-21)19-24(20-27(31)35)23-13-8-5-9-14-23/h4-16,24,30,34H,17-20H2,1-3H3/t24-,30-/m0/s1. The third-order valence-electron chi connectivity index (χ3n) is 7.53. The molecule has 1 aliphatic carbocycles. The highest BCUT2D eigenvalue weighted by Crippen LogP contribution is 2.49. The summed E-state index contributed by atoms with van der Waals surface area (Å²) >= 11 is 0. The third-order valence-corrected chi connectivity index (χ3v) is 7.53. The van der Waals surface area contributed by atoms with E-state index in [4.69, 9.17) is 14.2 Å². The minimum atomic E-state index is -0.639. The number of nitrogens with one attached hydrogen (secondary N) is 1. The van der Waals surface area contributed by atoms with Crippen molar-refractivity contribution in [3.8, 4) is 11.5 Å². The maximum Gasteiger partial charge on any atom is 0.336 e. The summed E-state index contributed by atoms with van der Waals surface area (Å²) in [6.07, 6.45) is 1.63. The molecular formula is C33H33NO5. The van der Waals surface area contributed by atoms with Gasteiger partial charge in [-0.2, -0.15) is 0 Å². The molecule has 6 heteroatoms. The van der Waals surface area contributed by atoms with E-state index in [0.717, 1.165) is 16.8 Å². The highest BCUT2D eigenvalue weighted by molar-refractivity contribution is 6.04. The van der Waals surface area contributed by atoms with E-state index in [1.165, 1.54) is 0 Å². The molecule has 200 valence electrons. The normalized spacial score (nSPS) is 18.8. The predicted octanol–water partition coefficient (Wildman–Crippen LogP) is 5.85. The molecule has 2 aliphatic rings. The number of rotatable bonds is 8. The number of dihydropyridines is 1. The lowest BCUT2D eigenvalue weighted by atomic mass is 9.71. The summed E-state index contributed by atoms with van der Waals surface area (Å²) in [6.45, 7) is 2.10. The fourth-order valence-electron chi connectivity index (χ4n) is 5.70. The number of benzene rings is 3. The molecule has 3 aromatic rings. The molecule has 0 fully saturated rings. The summed E-state index contributed by atoms with van der Waals surface area (Å²) in [4.78, 5) is 27.6. The van der Waals surface area contributed by atoms with Crippen molar-refractivity contribution in [2.75, 3.05) is 20.8 Å². The first-order valence-corrected chi connectivity index (χ1v) is 13.2. The molecule has 0 spiro atoms. The summed E-state index contributed by atoms with van der Waals surface area (Å²) in [5, 5.41) is 3.42. The van der Waals surface area contributed by atoms with Crippen LogP contribution in [0.5, 0.6) is 11.5 Å². The Kier molecular flexibility index (Phi) is 7.82. The monoisotopic (exact) mass is 523 g/mol. The third kappa shape index (κ3) is 5.32. The van der Waals surface area contributed by atoms with E-state index in [1.807, 2.05) is 67.6 Å². The fourth-order valence-corrected chi connectivity index (χ4v) is 5.70. The molecule has 1 heterocycles. The number of hydrogen-bond acceptors (Lipinski definition) is 6. The quantitative estimate of drug-likeness (QED) is 0.374. The molecule has 0 amide bonds. The molecule has 0 radical (unpaired) electrons. The first kappa shape index (κ1) is 26.3. The van der Waals surface area contributed by atoms with Gasteiger partial charge >= 0.3 is 5.97 Å². The van der Waals surface area contributed by atoms with E-state index in [0.29, 0.717) is 53.2 Å². The number of allylic oxidation sites excluding steroid dienone is 3. The Morgan fingerprint density at radius 1 is 0.897 bits per heavy atom. The molecule has 1 N–H and O–H groups in total. The molecule has 0 unspecified atom stereocenters. The van der Waals surface area contributed by atoms with Crippen molar-refractivity contribution in [3.63, 3.8) is 0 Å². The zero-order valence-electron chi connectivity index (χ0n) is 22.5. The fraction of sp³-hybridized carbons (Fsp3) is 0.273. The number of ketones is 1. The van der Waals surface area contributed by atoms with Gasteiger partial charge in [-0.15, -0.1) is 0 Å². The van der Waals surface area contributed by atoms with E-state index >= 15 is 0 Å². The summed E-state index contributed by atoms with van der Waals surface area (Å²) < 4.78 is 17.1. The summed E-state index contributed by atoms with van der Waals surface area (Å²) in [5.41, 5.74) is 5.44. The number of Topliss-reactive ketones (excluding diaryl/α,β-unsaturated/α-hetero) is 1. The van der Waals surface area contributed by atoms with Crippen LogP contribution in [0.15, 0.2) is 101 Å². The van der Waals surface area contributed by atoms with Crippen molar-refractivity contribution in [3.05, 3.63) is 118 Å². The van der Waals surface area contributed by atoms with Crippen molar-refractivity contribution < 1.29 is 23.8 Å². The van der Waals surface area contributed by atoms with E-state index < -0.39 is 11.9 Å². The van der Waals surface area contributed by atoms with Crippen molar-refractivity contribution in [2.45, 2.75) is 38.0 Å². The van der Waals surface area contributed by atoms with Gasteiger partial charge < -0.3 is 19.5 Å². The Balaban J connectivity index is 1.53. The minimum absolute atomic E-state index is 0.00885. The number of esters is 1. The first-order chi connectivity index (χ1) is 19.0. The Labute approximate surface area is 229 Å². The van der Waals surface area contributed by atoms with Crippen LogP contribution in [0.4, 0.5) is 0 Å². The van der Waals surface area contributed by atoms with E-state index in [1.54, 1.807) is 20.3 Å². The van der Waals surface area contributed by atoms with Crippen LogP contribution in [0.3, 0.4) is 0 Å². The van der Waals surface area contributed by atoms with Gasteiger partial charge in [-0.3, -0.25) is 4.79 Å². The lowest BCUT2D eigenvalue weighted by Crippen LogP contribution is -2.36. The Morgan fingerprint density at radius 2 is 1.62 bits per heavy atom. The molecule has 2 atom stereocenters. The lowest BCUT2D eigenvalue weighted by molar-refractivity contribution is -0.139. The van der Waals surface area contributed by atoms with Crippen LogP contribution in [0.2, 0.25) is 0 Å². The SMILES string of the molecule is COc1cccc([C@H]2C(C(=O)OCCc3ccccc3)=C(C)NC3=C2C(=O)C[C@@H](c2ccccc2)C3)c1OC. The second-order valence-electron chi connectivity index (χ2n) is 9.88. The Hall–Kier alpha value is -4.32. The molecule has 0 saturated heterocycles. The van der Waals surface area contributed by atoms with Crippen LogP contribution in [-0.4, -0.2) is 32.6 Å². The highest BCUT2D eigenvalue weighted by atomic mass is 16.5. The van der Waals surface area contributed by atoms with E-state index in [-0.39, 0.29) is 18.3 Å². The Bertz CT molecular complexity index is 1420. The van der Waals surface area contributed by atoms with Gasteiger partial charge in [0.25, 0.3) is 0 Å². The molecule has 0 aromatic heterocycles. The summed E-state index contributed by atoms with van der Waals surface area (Å²) in [7, 11) is 3.14. The van der Waals surface area contributed by atoms with Gasteiger partial charge in [-0.1, -0.05) is 72.8 Å². The van der Waals surface area contributed by atoms with Crippen LogP contribution in [0.1, 0.15) is 48.3 Å². The maximum atomic E-state index is 13.9. The Morgan fingerprint density at radius 3 is 2.31 bits per heavy atom. The zero-order valence-corrected chi connectivity index (χ0v) is 22.5. The van der Waals surface area contributed by atoms with Crippen LogP contribution in [0, 0.1) is 0 Å². The number of hydrogen-bond donors (Lipinski definition) is 1. The number of ether oxygens (including phenoxy) is 3. The van der Waals surface area contributed by atoms with Gasteiger partial charge in [0.1, 0.15) is 0 Å². The minimum Gasteiger partial charge on any atom is -0.493 e. The number of carbonyl (C=O) groups excluding carboxylic acids is 2. The van der Waals surface area contributed by atoms with Gasteiger partial charge in [-0.25, -0.2) is 4.79 Å². The molecular weight excluding hydrogens is 490 g/mol. The van der Waals surface area contributed by atoms with Crippen LogP contribution >= 0.6 is 0 Å². The van der Waals surface area contributed by atoms with Crippen molar-refractivity contribution in [1.82, 2.24) is 5.32 Å². The van der Waals surface area contributed by atoms with Gasteiger partial charge in [0.05, 0.1) is 32.3 Å². The van der Waals surface area contributed by atoms with Crippen LogP contribution in [0.25, 0.3) is 0 Å².